The lowest BCUT2D eigenvalue weighted by Gasteiger charge is -2.05. The fourth-order valence-corrected chi connectivity index (χ4v) is 3.15. The van der Waals surface area contributed by atoms with Gasteiger partial charge in [0.1, 0.15) is 0 Å². The molecule has 2 rings (SSSR count). The van der Waals surface area contributed by atoms with Crippen molar-refractivity contribution < 1.29 is 12.6 Å². The van der Waals surface area contributed by atoms with Crippen molar-refractivity contribution in [2.75, 3.05) is 11.0 Å². The summed E-state index contributed by atoms with van der Waals surface area (Å²) >= 11 is 0. The van der Waals surface area contributed by atoms with E-state index in [4.69, 9.17) is 0 Å². The summed E-state index contributed by atoms with van der Waals surface area (Å²) in [5.74, 6) is 0. The van der Waals surface area contributed by atoms with Crippen molar-refractivity contribution in [2.45, 2.75) is 11.8 Å². The molecular formula is C16H17NO3S2. The minimum absolute atomic E-state index is 0.433. The predicted molar refractivity (Wildman–Crippen MR) is 91.5 cm³/mol. The fraction of sp³-hybridized carbons (Fsp3) is 0.125. The molecule has 1 N–H and O–H groups in total. The molecule has 0 saturated carbocycles. The van der Waals surface area contributed by atoms with Gasteiger partial charge in [-0.15, -0.1) is 0 Å². The second-order valence-corrected chi connectivity index (χ2v) is 7.78. The molecule has 22 heavy (non-hydrogen) atoms. The summed E-state index contributed by atoms with van der Waals surface area (Å²) in [4.78, 5) is 0.651. The highest BCUT2D eigenvalue weighted by atomic mass is 32.2. The molecule has 0 aliphatic carbocycles. The van der Waals surface area contributed by atoms with E-state index >= 15 is 0 Å². The van der Waals surface area contributed by atoms with Crippen molar-refractivity contribution in [3.63, 3.8) is 0 Å². The third-order valence-corrected chi connectivity index (χ3v) is 4.91. The largest absolute Gasteiger partial charge is 0.280 e. The smallest absolute Gasteiger partial charge is 0.255 e. The lowest BCUT2D eigenvalue weighted by atomic mass is 10.2. The number of benzene rings is 2. The molecule has 6 heteroatoms. The molecule has 0 bridgehead atoms. The van der Waals surface area contributed by atoms with Crippen LogP contribution in [0.2, 0.25) is 0 Å². The van der Waals surface area contributed by atoms with Crippen molar-refractivity contribution >= 4 is 32.6 Å². The molecule has 0 heterocycles. The Kier molecular flexibility index (Phi) is 5.15. The van der Waals surface area contributed by atoms with Crippen LogP contribution in [0.15, 0.2) is 58.8 Å². The highest BCUT2D eigenvalue weighted by Gasteiger charge is 2.06. The van der Waals surface area contributed by atoms with Crippen LogP contribution < -0.4 is 4.72 Å². The lowest BCUT2D eigenvalue weighted by Crippen LogP contribution is -2.08. The average Bonchev–Trinajstić information content (AvgIpc) is 2.47. The first kappa shape index (κ1) is 16.5. The molecule has 0 spiro atoms. The van der Waals surface area contributed by atoms with Gasteiger partial charge in [-0.3, -0.25) is 8.93 Å². The molecule has 1 unspecified atom stereocenters. The zero-order valence-corrected chi connectivity index (χ0v) is 13.9. The third kappa shape index (κ3) is 4.82. The minimum atomic E-state index is -3.58. The standard InChI is InChI=1S/C16H17NO3S2/c1-13-3-5-14(6-4-13)11-12-22(19,20)17-15-7-9-16(10-8-15)21(2)18/h3-12,17H,1-2H3. The van der Waals surface area contributed by atoms with E-state index in [0.717, 1.165) is 16.5 Å². The molecule has 0 aliphatic rings. The summed E-state index contributed by atoms with van der Waals surface area (Å²) in [6.07, 6.45) is 3.11. The van der Waals surface area contributed by atoms with Crippen LogP contribution in [0.5, 0.6) is 0 Å². The number of nitrogens with one attached hydrogen (secondary N) is 1. The second kappa shape index (κ2) is 6.89. The Bertz CT molecular complexity index is 792. The molecule has 0 radical (unpaired) electrons. The van der Waals surface area contributed by atoms with Gasteiger partial charge in [0.25, 0.3) is 10.0 Å². The number of sulfonamides is 1. The molecule has 0 fully saturated rings. The molecular weight excluding hydrogens is 318 g/mol. The minimum Gasteiger partial charge on any atom is -0.280 e. The van der Waals surface area contributed by atoms with Gasteiger partial charge in [0.15, 0.2) is 0 Å². The molecule has 0 saturated heterocycles. The normalized spacial score (nSPS) is 13.2. The zero-order chi connectivity index (χ0) is 16.2. The maximum atomic E-state index is 12.0. The Hall–Kier alpha value is -1.92. The van der Waals surface area contributed by atoms with Crippen LogP contribution in [0.4, 0.5) is 5.69 Å². The molecule has 0 amide bonds. The van der Waals surface area contributed by atoms with Gasteiger partial charge in [-0.1, -0.05) is 29.8 Å². The second-order valence-electron chi connectivity index (χ2n) is 4.84. The van der Waals surface area contributed by atoms with E-state index in [0.29, 0.717) is 10.6 Å². The number of hydrogen-bond donors (Lipinski definition) is 1. The Balaban J connectivity index is 2.10. The highest BCUT2D eigenvalue weighted by molar-refractivity contribution is 7.95. The van der Waals surface area contributed by atoms with Gasteiger partial charge in [0.2, 0.25) is 0 Å². The average molecular weight is 335 g/mol. The fourth-order valence-electron chi connectivity index (χ4n) is 1.76. The van der Waals surface area contributed by atoms with Gasteiger partial charge < -0.3 is 0 Å². The number of aryl methyl sites for hydroxylation is 1. The quantitative estimate of drug-likeness (QED) is 0.913. The summed E-state index contributed by atoms with van der Waals surface area (Å²) in [6.45, 7) is 1.97. The molecule has 4 nitrogen and oxygen atoms in total. The van der Waals surface area contributed by atoms with Crippen LogP contribution in [0.25, 0.3) is 6.08 Å². The van der Waals surface area contributed by atoms with Gasteiger partial charge in [-0.25, -0.2) is 8.42 Å². The Morgan fingerprint density at radius 3 is 2.14 bits per heavy atom. The van der Waals surface area contributed by atoms with E-state index in [9.17, 15) is 12.6 Å². The molecule has 1 atom stereocenters. The first-order valence-electron chi connectivity index (χ1n) is 6.57. The van der Waals surface area contributed by atoms with Gasteiger partial charge in [-0.05, 0) is 42.8 Å². The number of anilines is 1. The van der Waals surface area contributed by atoms with Crippen LogP contribution in [0.3, 0.4) is 0 Å². The van der Waals surface area contributed by atoms with Gasteiger partial charge in [-0.2, -0.15) is 0 Å². The zero-order valence-electron chi connectivity index (χ0n) is 12.3. The first-order chi connectivity index (χ1) is 10.4. The van der Waals surface area contributed by atoms with Gasteiger partial charge in [0.05, 0.1) is 5.41 Å². The highest BCUT2D eigenvalue weighted by Crippen LogP contribution is 2.14. The van der Waals surface area contributed by atoms with Crippen molar-refractivity contribution in [1.29, 1.82) is 0 Å². The maximum Gasteiger partial charge on any atom is 0.255 e. The Morgan fingerprint density at radius 2 is 1.59 bits per heavy atom. The van der Waals surface area contributed by atoms with Crippen molar-refractivity contribution in [2.24, 2.45) is 0 Å². The predicted octanol–water partition coefficient (Wildman–Crippen LogP) is 3.15. The van der Waals surface area contributed by atoms with E-state index in [1.54, 1.807) is 30.5 Å². The van der Waals surface area contributed by atoms with Gasteiger partial charge >= 0.3 is 0 Å². The maximum absolute atomic E-state index is 12.0. The monoisotopic (exact) mass is 335 g/mol. The van der Waals surface area contributed by atoms with Crippen LogP contribution in [-0.4, -0.2) is 18.9 Å². The third-order valence-electron chi connectivity index (χ3n) is 2.96. The van der Waals surface area contributed by atoms with E-state index < -0.39 is 20.8 Å². The summed E-state index contributed by atoms with van der Waals surface area (Å²) < 4.78 is 37.7. The van der Waals surface area contributed by atoms with Gasteiger partial charge in [0, 0.05) is 27.6 Å². The summed E-state index contributed by atoms with van der Waals surface area (Å²) in [7, 11) is -4.66. The molecule has 0 aliphatic heterocycles. The van der Waals surface area contributed by atoms with Crippen LogP contribution in [-0.2, 0) is 20.8 Å². The Labute approximate surface area is 133 Å². The van der Waals surface area contributed by atoms with E-state index in [1.807, 2.05) is 31.2 Å². The molecule has 0 aromatic heterocycles. The number of rotatable bonds is 5. The Morgan fingerprint density at radius 1 is 1.00 bits per heavy atom. The molecule has 2 aromatic carbocycles. The molecule has 116 valence electrons. The van der Waals surface area contributed by atoms with E-state index in [-0.39, 0.29) is 0 Å². The lowest BCUT2D eigenvalue weighted by molar-refractivity contribution is 0.609. The first-order valence-corrected chi connectivity index (χ1v) is 9.67. The molecule has 2 aromatic rings. The van der Waals surface area contributed by atoms with E-state index in [2.05, 4.69) is 4.72 Å². The van der Waals surface area contributed by atoms with Crippen molar-refractivity contribution in [3.8, 4) is 0 Å². The summed E-state index contributed by atoms with van der Waals surface area (Å²) in [5.41, 5.74) is 2.36. The van der Waals surface area contributed by atoms with Crippen LogP contribution in [0, 0.1) is 6.92 Å². The van der Waals surface area contributed by atoms with Crippen molar-refractivity contribution in [1.82, 2.24) is 0 Å². The number of hydrogen-bond acceptors (Lipinski definition) is 3. The summed E-state index contributed by atoms with van der Waals surface area (Å²) in [6, 6.07) is 14.0. The topological polar surface area (TPSA) is 63.2 Å². The van der Waals surface area contributed by atoms with Crippen LogP contribution >= 0.6 is 0 Å². The SMILES string of the molecule is Cc1ccc(C=CS(=O)(=O)Nc2ccc(S(C)=O)cc2)cc1. The summed E-state index contributed by atoms with van der Waals surface area (Å²) in [5, 5.41) is 1.13. The van der Waals surface area contributed by atoms with Crippen molar-refractivity contribution in [3.05, 3.63) is 65.1 Å². The van der Waals surface area contributed by atoms with Crippen LogP contribution in [0.1, 0.15) is 11.1 Å². The van der Waals surface area contributed by atoms with E-state index in [1.165, 1.54) is 6.08 Å².